The van der Waals surface area contributed by atoms with Gasteiger partial charge in [-0.05, 0) is 0 Å². The molecular weight excluding hydrogens is 251 g/mol. The summed E-state index contributed by atoms with van der Waals surface area (Å²) in [5, 5.41) is 0. The van der Waals surface area contributed by atoms with E-state index in [1.54, 1.807) is 0 Å². The van der Waals surface area contributed by atoms with Crippen LogP contribution in [0.5, 0.6) is 0 Å². The molecule has 0 heterocycles. The van der Waals surface area contributed by atoms with Gasteiger partial charge < -0.3 is 0 Å². The van der Waals surface area contributed by atoms with E-state index in [9.17, 15) is 0 Å². The Morgan fingerprint density at radius 3 is 2.45 bits per heavy atom. The number of anilines is 2. The first-order valence-electron chi connectivity index (χ1n) is 3.30. The minimum absolute atomic E-state index is 0.0491. The van der Waals surface area contributed by atoms with Gasteiger partial charge in [0.15, 0.2) is 0 Å². The standard InChI is InChI=1S/C8H12IN2/c1-5-3-6(10)4-7(9-2)8(5)11/h3-4H,10-11H2,1-2H3/q-1. The van der Waals surface area contributed by atoms with E-state index in [2.05, 4.69) is 4.93 Å². The van der Waals surface area contributed by atoms with Gasteiger partial charge in [0.05, 0.1) is 0 Å². The van der Waals surface area contributed by atoms with Crippen LogP contribution in [-0.2, 0) is 0 Å². The van der Waals surface area contributed by atoms with Crippen molar-refractivity contribution in [3.63, 3.8) is 0 Å². The van der Waals surface area contributed by atoms with Gasteiger partial charge in [-0.2, -0.15) is 0 Å². The van der Waals surface area contributed by atoms with Gasteiger partial charge in [-0.25, -0.2) is 0 Å². The summed E-state index contributed by atoms with van der Waals surface area (Å²) >= 11 is 0.0491. The molecule has 0 atom stereocenters. The molecule has 0 saturated carbocycles. The number of nitrogen functional groups attached to an aromatic ring is 2. The molecular formula is C8H12IN2-. The number of alkyl halides is 1. The summed E-state index contributed by atoms with van der Waals surface area (Å²) in [5.74, 6) is 0. The number of hydrogen-bond acceptors (Lipinski definition) is 2. The van der Waals surface area contributed by atoms with Crippen LogP contribution < -0.4 is 32.7 Å². The fraction of sp³-hybridized carbons (Fsp3) is 0.250. The molecule has 0 amide bonds. The van der Waals surface area contributed by atoms with Crippen molar-refractivity contribution in [2.24, 2.45) is 0 Å². The Bertz CT molecular complexity index is 271. The second-order valence-electron chi connectivity index (χ2n) is 2.42. The zero-order valence-corrected chi connectivity index (χ0v) is 8.84. The summed E-state index contributed by atoms with van der Waals surface area (Å²) < 4.78 is 1.25. The number of hydrogen-bond donors (Lipinski definition) is 2. The van der Waals surface area contributed by atoms with Crippen molar-refractivity contribution in [3.05, 3.63) is 21.3 Å². The first kappa shape index (κ1) is 8.64. The van der Waals surface area contributed by atoms with Crippen LogP contribution in [0.15, 0.2) is 12.1 Å². The van der Waals surface area contributed by atoms with E-state index in [0.717, 1.165) is 16.9 Å². The third-order valence-electron chi connectivity index (χ3n) is 1.56. The summed E-state index contributed by atoms with van der Waals surface area (Å²) in [4.78, 5) is 2.18. The zero-order chi connectivity index (χ0) is 8.43. The van der Waals surface area contributed by atoms with E-state index in [1.165, 1.54) is 3.57 Å². The Morgan fingerprint density at radius 1 is 1.27 bits per heavy atom. The third kappa shape index (κ3) is 1.77. The molecule has 0 radical (unpaired) electrons. The number of aryl methyl sites for hydroxylation is 1. The Balaban J connectivity index is 3.24. The molecule has 0 aliphatic carbocycles. The van der Waals surface area contributed by atoms with E-state index < -0.39 is 0 Å². The molecule has 11 heavy (non-hydrogen) atoms. The van der Waals surface area contributed by atoms with E-state index in [-0.39, 0.29) is 21.2 Å². The van der Waals surface area contributed by atoms with Gasteiger partial charge in [-0.1, -0.05) is 0 Å². The summed E-state index contributed by atoms with van der Waals surface area (Å²) in [6.45, 7) is 1.99. The topological polar surface area (TPSA) is 52.0 Å². The van der Waals surface area contributed by atoms with Crippen LogP contribution in [-0.4, -0.2) is 4.93 Å². The van der Waals surface area contributed by atoms with Gasteiger partial charge in [0.25, 0.3) is 0 Å². The summed E-state index contributed by atoms with van der Waals surface area (Å²) in [6.07, 6.45) is 0. The zero-order valence-electron chi connectivity index (χ0n) is 6.69. The molecule has 0 aliphatic heterocycles. The van der Waals surface area contributed by atoms with Crippen LogP contribution >= 0.6 is 0 Å². The van der Waals surface area contributed by atoms with Crippen molar-refractivity contribution in [2.45, 2.75) is 6.92 Å². The SMILES string of the molecule is C[I-]c1cc(N)cc(C)c1N. The van der Waals surface area contributed by atoms with Crippen molar-refractivity contribution < 1.29 is 21.2 Å². The van der Waals surface area contributed by atoms with Crippen LogP contribution in [0.25, 0.3) is 0 Å². The summed E-state index contributed by atoms with van der Waals surface area (Å²) in [7, 11) is 0. The molecule has 0 spiro atoms. The second kappa shape index (κ2) is 3.30. The Morgan fingerprint density at radius 2 is 1.91 bits per heavy atom. The fourth-order valence-electron chi connectivity index (χ4n) is 0.938. The first-order valence-corrected chi connectivity index (χ1v) is 6.54. The molecule has 0 unspecified atom stereocenters. The number of halogens is 1. The second-order valence-corrected chi connectivity index (χ2v) is 4.66. The quantitative estimate of drug-likeness (QED) is 0.351. The van der Waals surface area contributed by atoms with Crippen molar-refractivity contribution in [2.75, 3.05) is 16.4 Å². The number of rotatable bonds is 1. The van der Waals surface area contributed by atoms with Crippen LogP contribution in [0.4, 0.5) is 11.4 Å². The number of benzene rings is 1. The van der Waals surface area contributed by atoms with E-state index >= 15 is 0 Å². The van der Waals surface area contributed by atoms with Crippen LogP contribution in [0, 0.1) is 10.5 Å². The Kier molecular flexibility index (Phi) is 2.59. The van der Waals surface area contributed by atoms with Crippen LogP contribution in [0.2, 0.25) is 0 Å². The van der Waals surface area contributed by atoms with Gasteiger partial charge in [-0.3, -0.25) is 0 Å². The van der Waals surface area contributed by atoms with Crippen molar-refractivity contribution >= 4 is 11.4 Å². The van der Waals surface area contributed by atoms with Crippen molar-refractivity contribution in [1.82, 2.24) is 0 Å². The van der Waals surface area contributed by atoms with Crippen LogP contribution in [0.3, 0.4) is 0 Å². The normalized spacial score (nSPS) is 10.4. The first-order chi connectivity index (χ1) is 5.15. The molecule has 0 saturated heterocycles. The van der Waals surface area contributed by atoms with Gasteiger partial charge in [0.1, 0.15) is 0 Å². The molecule has 1 aromatic rings. The predicted octanol–water partition coefficient (Wildman–Crippen LogP) is -1.95. The predicted molar refractivity (Wildman–Crippen MR) is 44.6 cm³/mol. The molecule has 2 nitrogen and oxygen atoms in total. The Labute approximate surface area is 77.2 Å². The van der Waals surface area contributed by atoms with E-state index in [0.29, 0.717) is 0 Å². The number of nitrogens with two attached hydrogens (primary N) is 2. The molecule has 4 N–H and O–H groups in total. The Hall–Kier alpha value is -0.450. The van der Waals surface area contributed by atoms with Crippen molar-refractivity contribution in [1.29, 1.82) is 0 Å². The fourth-order valence-corrected chi connectivity index (χ4v) is 2.62. The molecule has 0 fully saturated rings. The van der Waals surface area contributed by atoms with Gasteiger partial charge >= 0.3 is 77.2 Å². The molecule has 0 aromatic heterocycles. The maximum absolute atomic E-state index is 5.83. The summed E-state index contributed by atoms with van der Waals surface area (Å²) in [5.41, 5.74) is 14.4. The minimum atomic E-state index is 0.0491. The van der Waals surface area contributed by atoms with E-state index in [1.807, 2.05) is 19.1 Å². The van der Waals surface area contributed by atoms with Gasteiger partial charge in [-0.15, -0.1) is 0 Å². The average molecular weight is 263 g/mol. The molecule has 0 aliphatic rings. The molecule has 1 rings (SSSR count). The molecule has 3 heteroatoms. The van der Waals surface area contributed by atoms with E-state index in [4.69, 9.17) is 11.5 Å². The molecule has 1 aromatic carbocycles. The maximum atomic E-state index is 5.83. The van der Waals surface area contributed by atoms with Crippen LogP contribution in [0.1, 0.15) is 5.56 Å². The van der Waals surface area contributed by atoms with Gasteiger partial charge in [0.2, 0.25) is 0 Å². The molecule has 0 bridgehead atoms. The molecule has 62 valence electrons. The summed E-state index contributed by atoms with van der Waals surface area (Å²) in [6, 6.07) is 3.90. The van der Waals surface area contributed by atoms with Gasteiger partial charge in [0, 0.05) is 0 Å². The third-order valence-corrected chi connectivity index (χ3v) is 3.62. The monoisotopic (exact) mass is 263 g/mol. The average Bonchev–Trinajstić information content (AvgIpc) is 1.96. The van der Waals surface area contributed by atoms with Crippen molar-refractivity contribution in [3.8, 4) is 0 Å².